The van der Waals surface area contributed by atoms with Gasteiger partial charge in [-0.2, -0.15) is 0 Å². The summed E-state index contributed by atoms with van der Waals surface area (Å²) in [5, 5.41) is 11.6. The Labute approximate surface area is 118 Å². The number of carboxylic acids is 1. The lowest BCUT2D eigenvalue weighted by Gasteiger charge is -2.18. The number of nitrogens with zero attached hydrogens (tertiary/aromatic N) is 1. The maximum atomic E-state index is 11.7. The molecule has 18 heavy (non-hydrogen) atoms. The van der Waals surface area contributed by atoms with Gasteiger partial charge in [-0.15, -0.1) is 0 Å². The molecule has 0 bridgehead atoms. The van der Waals surface area contributed by atoms with Crippen LogP contribution in [0.4, 0.5) is 5.69 Å². The summed E-state index contributed by atoms with van der Waals surface area (Å²) in [6, 6.07) is 1.60. The molecule has 1 aromatic heterocycles. The van der Waals surface area contributed by atoms with E-state index in [1.165, 1.54) is 20.0 Å². The number of carbonyl (C=O) groups excluding carboxylic acids is 1. The molecule has 0 radical (unpaired) electrons. The number of aromatic nitrogens is 1. The minimum Gasteiger partial charge on any atom is -0.481 e. The normalized spacial score (nSPS) is 11.1. The Morgan fingerprint density at radius 2 is 2.17 bits per heavy atom. The van der Waals surface area contributed by atoms with Crippen LogP contribution in [0.25, 0.3) is 0 Å². The lowest BCUT2D eigenvalue weighted by Crippen LogP contribution is -2.29. The van der Waals surface area contributed by atoms with Crippen LogP contribution in [0.2, 0.25) is 5.15 Å². The molecule has 0 aliphatic carbocycles. The van der Waals surface area contributed by atoms with Gasteiger partial charge in [-0.3, -0.25) is 9.59 Å². The van der Waals surface area contributed by atoms with Gasteiger partial charge in [0.25, 0.3) is 0 Å². The van der Waals surface area contributed by atoms with Crippen molar-refractivity contribution in [3.05, 3.63) is 21.9 Å². The molecule has 0 unspecified atom stereocenters. The van der Waals surface area contributed by atoms with Crippen LogP contribution < -0.4 is 5.32 Å². The highest BCUT2D eigenvalue weighted by atomic mass is 79.9. The lowest BCUT2D eigenvalue weighted by atomic mass is 9.89. The smallest absolute Gasteiger partial charge is 0.309 e. The second-order valence-corrected chi connectivity index (χ2v) is 5.68. The molecule has 0 aliphatic heterocycles. The number of rotatable bonds is 4. The van der Waals surface area contributed by atoms with Gasteiger partial charge in [0, 0.05) is 17.1 Å². The number of carboxylic acid groups (broad SMARTS) is 1. The molecule has 0 saturated carbocycles. The molecule has 0 fully saturated rings. The summed E-state index contributed by atoms with van der Waals surface area (Å²) < 4.78 is 0.666. The zero-order valence-corrected chi connectivity index (χ0v) is 12.2. The minimum atomic E-state index is -1.13. The number of aliphatic carboxylic acids is 1. The van der Waals surface area contributed by atoms with Crippen molar-refractivity contribution >= 4 is 45.1 Å². The molecule has 1 aromatic rings. The van der Waals surface area contributed by atoms with Crippen LogP contribution in [0.5, 0.6) is 0 Å². The highest BCUT2D eigenvalue weighted by Gasteiger charge is 2.30. The molecule has 0 atom stereocenters. The minimum absolute atomic E-state index is 0.148. The maximum absolute atomic E-state index is 11.7. The molecule has 1 rings (SSSR count). The zero-order valence-electron chi connectivity index (χ0n) is 9.83. The summed E-state index contributed by atoms with van der Waals surface area (Å²) >= 11 is 9.02. The van der Waals surface area contributed by atoms with Gasteiger partial charge in [-0.1, -0.05) is 11.6 Å². The molecule has 1 heterocycles. The summed E-state index contributed by atoms with van der Waals surface area (Å²) in [5.74, 6) is -1.46. The predicted octanol–water partition coefficient (Wildman–Crippen LogP) is 2.94. The summed E-state index contributed by atoms with van der Waals surface area (Å²) in [4.78, 5) is 26.5. The predicted molar refractivity (Wildman–Crippen MR) is 71.6 cm³/mol. The van der Waals surface area contributed by atoms with E-state index in [9.17, 15) is 9.59 Å². The first-order chi connectivity index (χ1) is 8.22. The number of nitrogens with one attached hydrogen (secondary N) is 1. The van der Waals surface area contributed by atoms with Crippen LogP contribution >= 0.6 is 27.5 Å². The fourth-order valence-corrected chi connectivity index (χ4v) is 1.66. The quantitative estimate of drug-likeness (QED) is 0.829. The summed E-state index contributed by atoms with van der Waals surface area (Å²) in [6.07, 6.45) is 1.35. The van der Waals surface area contributed by atoms with Crippen molar-refractivity contribution in [3.63, 3.8) is 0 Å². The molecule has 5 nitrogen and oxygen atoms in total. The van der Waals surface area contributed by atoms with Gasteiger partial charge in [-0.25, -0.2) is 4.98 Å². The SMILES string of the molecule is CC(C)(CC(=O)Nc1cc(Br)cnc1Cl)C(=O)O. The molecular weight excluding hydrogens is 323 g/mol. The number of hydrogen-bond donors (Lipinski definition) is 2. The van der Waals surface area contributed by atoms with E-state index in [1.807, 2.05) is 0 Å². The monoisotopic (exact) mass is 334 g/mol. The molecule has 7 heteroatoms. The van der Waals surface area contributed by atoms with E-state index in [0.29, 0.717) is 10.2 Å². The van der Waals surface area contributed by atoms with Gasteiger partial charge >= 0.3 is 5.97 Å². The Kier molecular flexibility index (Phi) is 4.70. The molecule has 0 aliphatic rings. The fraction of sp³-hybridized carbons (Fsp3) is 0.364. The average molecular weight is 336 g/mol. The van der Waals surface area contributed by atoms with Crippen LogP contribution in [0, 0.1) is 5.41 Å². The second-order valence-electron chi connectivity index (χ2n) is 4.41. The Hall–Kier alpha value is -1.14. The van der Waals surface area contributed by atoms with Crippen molar-refractivity contribution in [3.8, 4) is 0 Å². The third kappa shape index (κ3) is 3.96. The molecule has 0 aromatic carbocycles. The van der Waals surface area contributed by atoms with Crippen LogP contribution in [0.1, 0.15) is 20.3 Å². The van der Waals surface area contributed by atoms with Gasteiger partial charge in [0.1, 0.15) is 0 Å². The van der Waals surface area contributed by atoms with E-state index in [4.69, 9.17) is 16.7 Å². The third-order valence-corrected chi connectivity index (χ3v) is 3.00. The standard InChI is InChI=1S/C11H12BrClN2O3/c1-11(2,10(17)18)4-8(16)15-7-3-6(12)5-14-9(7)13/h3,5H,4H2,1-2H3,(H,15,16)(H,17,18). The van der Waals surface area contributed by atoms with Crippen LogP contribution in [-0.2, 0) is 9.59 Å². The van der Waals surface area contributed by atoms with E-state index in [1.54, 1.807) is 6.07 Å². The molecule has 1 amide bonds. The topological polar surface area (TPSA) is 79.3 Å². The zero-order chi connectivity index (χ0) is 13.9. The van der Waals surface area contributed by atoms with E-state index in [-0.39, 0.29) is 11.6 Å². The first kappa shape index (κ1) is 14.9. The van der Waals surface area contributed by atoms with Gasteiger partial charge < -0.3 is 10.4 Å². The Morgan fingerprint density at radius 1 is 1.56 bits per heavy atom. The van der Waals surface area contributed by atoms with Gasteiger partial charge in [0.15, 0.2) is 5.15 Å². The summed E-state index contributed by atoms with van der Waals surface area (Å²) in [7, 11) is 0. The number of amides is 1. The van der Waals surface area contributed by atoms with Gasteiger partial charge in [0.2, 0.25) is 5.91 Å². The highest BCUT2D eigenvalue weighted by molar-refractivity contribution is 9.10. The molecule has 98 valence electrons. The van der Waals surface area contributed by atoms with E-state index in [0.717, 1.165) is 0 Å². The number of pyridine rings is 1. The number of anilines is 1. The molecule has 0 spiro atoms. The Bertz CT molecular complexity index is 491. The van der Waals surface area contributed by atoms with Crippen LogP contribution in [0.3, 0.4) is 0 Å². The molecular formula is C11H12BrClN2O3. The summed E-state index contributed by atoms with van der Waals surface area (Å²) in [6.45, 7) is 2.96. The summed E-state index contributed by atoms with van der Waals surface area (Å²) in [5.41, 5.74) is -0.784. The highest BCUT2D eigenvalue weighted by Crippen LogP contribution is 2.25. The number of carbonyl (C=O) groups is 2. The number of halogens is 2. The molecule has 2 N–H and O–H groups in total. The van der Waals surface area contributed by atoms with Crippen molar-refractivity contribution in [2.75, 3.05) is 5.32 Å². The van der Waals surface area contributed by atoms with Gasteiger partial charge in [0.05, 0.1) is 11.1 Å². The Morgan fingerprint density at radius 3 is 2.72 bits per heavy atom. The van der Waals surface area contributed by atoms with Crippen molar-refractivity contribution in [1.29, 1.82) is 0 Å². The number of hydrogen-bond acceptors (Lipinski definition) is 3. The largest absolute Gasteiger partial charge is 0.481 e. The van der Waals surface area contributed by atoms with Crippen LogP contribution in [-0.4, -0.2) is 22.0 Å². The maximum Gasteiger partial charge on any atom is 0.309 e. The third-order valence-electron chi connectivity index (χ3n) is 2.26. The van der Waals surface area contributed by atoms with E-state index >= 15 is 0 Å². The van der Waals surface area contributed by atoms with Crippen LogP contribution in [0.15, 0.2) is 16.7 Å². The average Bonchev–Trinajstić information content (AvgIpc) is 2.22. The first-order valence-corrected chi connectivity index (χ1v) is 6.24. The first-order valence-electron chi connectivity index (χ1n) is 5.06. The van der Waals surface area contributed by atoms with E-state index < -0.39 is 17.3 Å². The van der Waals surface area contributed by atoms with Gasteiger partial charge in [-0.05, 0) is 35.8 Å². The van der Waals surface area contributed by atoms with Crippen molar-refractivity contribution < 1.29 is 14.7 Å². The fourth-order valence-electron chi connectivity index (χ4n) is 1.18. The van der Waals surface area contributed by atoms with E-state index in [2.05, 4.69) is 26.2 Å². The van der Waals surface area contributed by atoms with Crippen molar-refractivity contribution in [1.82, 2.24) is 4.98 Å². The second kappa shape index (κ2) is 5.67. The van der Waals surface area contributed by atoms with Crippen molar-refractivity contribution in [2.45, 2.75) is 20.3 Å². The molecule has 0 saturated heterocycles. The lowest BCUT2D eigenvalue weighted by molar-refractivity contribution is -0.148. The Balaban J connectivity index is 2.77. The van der Waals surface area contributed by atoms with Crippen molar-refractivity contribution in [2.24, 2.45) is 5.41 Å².